The molecule has 0 saturated carbocycles. The van der Waals surface area contributed by atoms with Gasteiger partial charge in [-0.05, 0) is 48.0 Å². The Hall–Kier alpha value is -2.95. The summed E-state index contributed by atoms with van der Waals surface area (Å²) in [4.78, 5) is 4.50. The predicted octanol–water partition coefficient (Wildman–Crippen LogP) is 4.71. The normalized spacial score (nSPS) is 10.5. The Labute approximate surface area is 138 Å². The predicted molar refractivity (Wildman–Crippen MR) is 88.1 cm³/mol. The minimum atomic E-state index is -0.331. The van der Waals surface area contributed by atoms with E-state index < -0.39 is 0 Å². The summed E-state index contributed by atoms with van der Waals surface area (Å²) < 4.78 is 37.0. The number of aromatic nitrogens is 1. The van der Waals surface area contributed by atoms with Gasteiger partial charge in [-0.25, -0.2) is 13.8 Å². The Morgan fingerprint density at radius 1 is 0.750 bits per heavy atom. The molecule has 3 nitrogen and oxygen atoms in total. The van der Waals surface area contributed by atoms with E-state index in [-0.39, 0.29) is 11.6 Å². The molecule has 1 heterocycles. The SMILES string of the molecule is COc1cc(-c2ccc(F)cc2)c(-c2ccc(F)cc2)nc1OC. The van der Waals surface area contributed by atoms with Crippen LogP contribution in [0.15, 0.2) is 54.6 Å². The second-order valence-electron chi connectivity index (χ2n) is 5.11. The van der Waals surface area contributed by atoms with E-state index >= 15 is 0 Å². The first-order chi connectivity index (χ1) is 11.6. The number of rotatable bonds is 4. The van der Waals surface area contributed by atoms with Crippen LogP contribution in [0, 0.1) is 11.6 Å². The maximum absolute atomic E-state index is 13.2. The van der Waals surface area contributed by atoms with Crippen molar-refractivity contribution in [2.24, 2.45) is 0 Å². The molecule has 0 saturated heterocycles. The van der Waals surface area contributed by atoms with E-state index in [4.69, 9.17) is 9.47 Å². The zero-order valence-electron chi connectivity index (χ0n) is 13.2. The maximum atomic E-state index is 13.2. The van der Waals surface area contributed by atoms with Crippen molar-refractivity contribution in [3.8, 4) is 34.0 Å². The number of halogens is 2. The number of hydrogen-bond acceptors (Lipinski definition) is 3. The first-order valence-electron chi connectivity index (χ1n) is 7.27. The van der Waals surface area contributed by atoms with Crippen molar-refractivity contribution in [1.29, 1.82) is 0 Å². The number of hydrogen-bond donors (Lipinski definition) is 0. The summed E-state index contributed by atoms with van der Waals surface area (Å²) in [7, 11) is 3.02. The molecule has 0 N–H and O–H groups in total. The molecule has 0 aliphatic carbocycles. The summed E-state index contributed by atoms with van der Waals surface area (Å²) >= 11 is 0. The van der Waals surface area contributed by atoms with Crippen molar-refractivity contribution in [2.45, 2.75) is 0 Å². The topological polar surface area (TPSA) is 31.4 Å². The molecule has 0 spiro atoms. The average molecular weight is 327 g/mol. The van der Waals surface area contributed by atoms with Crippen molar-refractivity contribution < 1.29 is 18.3 Å². The van der Waals surface area contributed by atoms with E-state index in [1.807, 2.05) is 0 Å². The van der Waals surface area contributed by atoms with Crippen LogP contribution in [-0.2, 0) is 0 Å². The molecule has 2 aromatic carbocycles. The number of pyridine rings is 1. The number of ether oxygens (including phenoxy) is 2. The molecule has 24 heavy (non-hydrogen) atoms. The minimum Gasteiger partial charge on any atom is -0.491 e. The van der Waals surface area contributed by atoms with Crippen LogP contribution in [0.4, 0.5) is 8.78 Å². The number of methoxy groups -OCH3 is 2. The lowest BCUT2D eigenvalue weighted by atomic mass is 9.99. The van der Waals surface area contributed by atoms with Crippen LogP contribution in [0.2, 0.25) is 0 Å². The first-order valence-corrected chi connectivity index (χ1v) is 7.27. The molecule has 122 valence electrons. The summed E-state index contributed by atoms with van der Waals surface area (Å²) in [6, 6.07) is 13.8. The largest absolute Gasteiger partial charge is 0.491 e. The molecule has 3 aromatic rings. The van der Waals surface area contributed by atoms with Gasteiger partial charge in [-0.2, -0.15) is 0 Å². The zero-order valence-corrected chi connectivity index (χ0v) is 13.2. The van der Waals surface area contributed by atoms with Gasteiger partial charge in [0.15, 0.2) is 5.75 Å². The Bertz CT molecular complexity index is 774. The lowest BCUT2D eigenvalue weighted by molar-refractivity contribution is 0.343. The number of nitrogens with zero attached hydrogens (tertiary/aromatic N) is 1. The van der Waals surface area contributed by atoms with Gasteiger partial charge in [0.2, 0.25) is 0 Å². The lowest BCUT2D eigenvalue weighted by Gasteiger charge is -2.14. The Morgan fingerprint density at radius 3 is 1.79 bits per heavy atom. The summed E-state index contributed by atoms with van der Waals surface area (Å²) in [6.07, 6.45) is 0. The van der Waals surface area contributed by atoms with E-state index in [0.29, 0.717) is 17.3 Å². The molecular formula is C19H15F2NO2. The molecular weight excluding hydrogens is 312 g/mol. The fourth-order valence-corrected chi connectivity index (χ4v) is 2.45. The third kappa shape index (κ3) is 3.06. The van der Waals surface area contributed by atoms with Gasteiger partial charge in [0.1, 0.15) is 11.6 Å². The van der Waals surface area contributed by atoms with E-state index in [1.165, 1.54) is 38.5 Å². The molecule has 0 radical (unpaired) electrons. The fourth-order valence-electron chi connectivity index (χ4n) is 2.45. The van der Waals surface area contributed by atoms with Crippen molar-refractivity contribution in [1.82, 2.24) is 4.98 Å². The minimum absolute atomic E-state index is 0.322. The molecule has 0 amide bonds. The van der Waals surface area contributed by atoms with Crippen molar-refractivity contribution >= 4 is 0 Å². The van der Waals surface area contributed by atoms with Gasteiger partial charge in [-0.15, -0.1) is 0 Å². The smallest absolute Gasteiger partial charge is 0.257 e. The molecule has 3 rings (SSSR count). The van der Waals surface area contributed by atoms with Crippen LogP contribution in [0.5, 0.6) is 11.6 Å². The van der Waals surface area contributed by atoms with Gasteiger partial charge in [0, 0.05) is 11.1 Å². The number of benzene rings is 2. The van der Waals surface area contributed by atoms with Gasteiger partial charge in [0.25, 0.3) is 5.88 Å². The average Bonchev–Trinajstić information content (AvgIpc) is 2.62. The summed E-state index contributed by atoms with van der Waals surface area (Å²) in [5.74, 6) is 0.128. The molecule has 0 aliphatic heterocycles. The van der Waals surface area contributed by atoms with Crippen LogP contribution in [-0.4, -0.2) is 19.2 Å². The third-order valence-corrected chi connectivity index (χ3v) is 3.64. The molecule has 0 aliphatic rings. The zero-order chi connectivity index (χ0) is 17.1. The van der Waals surface area contributed by atoms with Gasteiger partial charge in [-0.3, -0.25) is 0 Å². The van der Waals surface area contributed by atoms with Crippen LogP contribution in [0.1, 0.15) is 0 Å². The molecule has 0 fully saturated rings. The maximum Gasteiger partial charge on any atom is 0.257 e. The summed E-state index contributed by atoms with van der Waals surface area (Å²) in [5, 5.41) is 0. The second kappa shape index (κ2) is 6.66. The molecule has 0 unspecified atom stereocenters. The van der Waals surface area contributed by atoms with Crippen molar-refractivity contribution in [3.05, 3.63) is 66.2 Å². The monoisotopic (exact) mass is 327 g/mol. The van der Waals surface area contributed by atoms with Gasteiger partial charge in [-0.1, -0.05) is 12.1 Å². The van der Waals surface area contributed by atoms with Gasteiger partial charge < -0.3 is 9.47 Å². The van der Waals surface area contributed by atoms with Gasteiger partial charge in [0.05, 0.1) is 19.9 Å². The molecule has 0 bridgehead atoms. The Morgan fingerprint density at radius 2 is 1.29 bits per heavy atom. The summed E-state index contributed by atoms with van der Waals surface area (Å²) in [6.45, 7) is 0. The van der Waals surface area contributed by atoms with E-state index in [0.717, 1.165) is 16.7 Å². The second-order valence-corrected chi connectivity index (χ2v) is 5.11. The van der Waals surface area contributed by atoms with E-state index in [1.54, 1.807) is 30.3 Å². The molecule has 5 heteroatoms. The van der Waals surface area contributed by atoms with E-state index in [9.17, 15) is 8.78 Å². The van der Waals surface area contributed by atoms with Gasteiger partial charge >= 0.3 is 0 Å². The highest BCUT2D eigenvalue weighted by molar-refractivity contribution is 5.82. The van der Waals surface area contributed by atoms with Crippen LogP contribution >= 0.6 is 0 Å². The first kappa shape index (κ1) is 15.9. The van der Waals surface area contributed by atoms with Crippen molar-refractivity contribution in [2.75, 3.05) is 14.2 Å². The molecule has 0 atom stereocenters. The van der Waals surface area contributed by atoms with E-state index in [2.05, 4.69) is 4.98 Å². The van der Waals surface area contributed by atoms with Crippen molar-refractivity contribution in [3.63, 3.8) is 0 Å². The summed E-state index contributed by atoms with van der Waals surface area (Å²) in [5.41, 5.74) is 2.82. The quantitative estimate of drug-likeness (QED) is 0.695. The fraction of sp³-hybridized carbons (Fsp3) is 0.105. The Kier molecular flexibility index (Phi) is 4.42. The standard InChI is InChI=1S/C19H15F2NO2/c1-23-17-11-16(12-3-7-14(20)8-4-12)18(22-19(17)24-2)13-5-9-15(21)10-6-13/h3-11H,1-2H3. The van der Waals surface area contributed by atoms with Crippen LogP contribution in [0.25, 0.3) is 22.4 Å². The van der Waals surface area contributed by atoms with Crippen LogP contribution < -0.4 is 9.47 Å². The third-order valence-electron chi connectivity index (χ3n) is 3.64. The Balaban J connectivity index is 2.24. The van der Waals surface area contributed by atoms with Crippen LogP contribution in [0.3, 0.4) is 0 Å². The highest BCUT2D eigenvalue weighted by Crippen LogP contribution is 2.38. The highest BCUT2D eigenvalue weighted by atomic mass is 19.1. The highest BCUT2D eigenvalue weighted by Gasteiger charge is 2.16. The lowest BCUT2D eigenvalue weighted by Crippen LogP contribution is -1.98. The molecule has 1 aromatic heterocycles.